The average molecular weight is 456 g/mol. The third-order valence-electron chi connectivity index (χ3n) is 6.12. The van der Waals surface area contributed by atoms with Crippen LogP contribution in [-0.4, -0.2) is 29.8 Å². The van der Waals surface area contributed by atoms with E-state index in [1.807, 2.05) is 66.7 Å². The maximum atomic E-state index is 11.6. The standard InChI is InChI=1S/C28H25NO5/c1-32-28(31)20-8-6-18(7-9-20)14-21-16-34-26-13-12-23(15-24(26)27(21)30)33-17-22-11-10-19-4-2-3-5-25(19)29-22/h2-13,15,21,27,30H,14,16-17H2,1H3/t21-,27+/m1/s1. The Balaban J connectivity index is 1.27. The number of carbonyl (C=O) groups is 1. The highest BCUT2D eigenvalue weighted by Gasteiger charge is 2.30. The molecule has 172 valence electrons. The molecule has 0 unspecified atom stereocenters. The first-order valence-corrected chi connectivity index (χ1v) is 11.2. The summed E-state index contributed by atoms with van der Waals surface area (Å²) in [6.45, 7) is 0.741. The largest absolute Gasteiger partial charge is 0.493 e. The normalized spacial score (nSPS) is 17.0. The van der Waals surface area contributed by atoms with Gasteiger partial charge in [-0.05, 0) is 54.4 Å². The number of benzene rings is 3. The van der Waals surface area contributed by atoms with E-state index >= 15 is 0 Å². The molecule has 5 rings (SSSR count). The molecule has 0 saturated carbocycles. The average Bonchev–Trinajstić information content (AvgIpc) is 2.89. The van der Waals surface area contributed by atoms with Gasteiger partial charge in [0.25, 0.3) is 0 Å². The number of aliphatic hydroxyl groups excluding tert-OH is 1. The Hall–Kier alpha value is -3.90. The van der Waals surface area contributed by atoms with E-state index in [2.05, 4.69) is 4.98 Å². The first-order valence-electron chi connectivity index (χ1n) is 11.2. The zero-order chi connectivity index (χ0) is 23.5. The fourth-order valence-corrected chi connectivity index (χ4v) is 4.23. The Bertz CT molecular complexity index is 1320. The number of hydrogen-bond acceptors (Lipinski definition) is 6. The number of carbonyl (C=O) groups excluding carboxylic acids is 1. The summed E-state index contributed by atoms with van der Waals surface area (Å²) in [6, 6.07) is 24.7. The van der Waals surface area contributed by atoms with Gasteiger partial charge < -0.3 is 19.3 Å². The summed E-state index contributed by atoms with van der Waals surface area (Å²) >= 11 is 0. The third kappa shape index (κ3) is 4.58. The van der Waals surface area contributed by atoms with Crippen molar-refractivity contribution < 1.29 is 24.1 Å². The molecule has 0 radical (unpaired) electrons. The zero-order valence-electron chi connectivity index (χ0n) is 18.8. The molecule has 1 aromatic heterocycles. The number of rotatable bonds is 6. The molecule has 1 N–H and O–H groups in total. The molecule has 0 bridgehead atoms. The summed E-state index contributed by atoms with van der Waals surface area (Å²) in [6.07, 6.45) is -0.0693. The van der Waals surface area contributed by atoms with Crippen LogP contribution in [0.2, 0.25) is 0 Å². The van der Waals surface area contributed by atoms with Gasteiger partial charge in [0.2, 0.25) is 0 Å². The van der Waals surface area contributed by atoms with Crippen LogP contribution >= 0.6 is 0 Å². The van der Waals surface area contributed by atoms with Crippen molar-refractivity contribution in [2.75, 3.05) is 13.7 Å². The molecule has 0 amide bonds. The van der Waals surface area contributed by atoms with Crippen molar-refractivity contribution in [3.63, 3.8) is 0 Å². The molecule has 1 aliphatic rings. The highest BCUT2D eigenvalue weighted by molar-refractivity contribution is 5.89. The number of fused-ring (bicyclic) bond motifs is 2. The van der Waals surface area contributed by atoms with E-state index < -0.39 is 6.10 Å². The number of methoxy groups -OCH3 is 1. The molecule has 0 saturated heterocycles. The molecule has 2 atom stereocenters. The van der Waals surface area contributed by atoms with Crippen molar-refractivity contribution >= 4 is 16.9 Å². The molecule has 0 fully saturated rings. The van der Waals surface area contributed by atoms with Gasteiger partial charge in [0.05, 0.1) is 36.6 Å². The Morgan fingerprint density at radius 3 is 2.71 bits per heavy atom. The van der Waals surface area contributed by atoms with Crippen LogP contribution in [0.4, 0.5) is 0 Å². The molecule has 4 aromatic rings. The number of aromatic nitrogens is 1. The number of hydrogen-bond donors (Lipinski definition) is 1. The van der Waals surface area contributed by atoms with Crippen LogP contribution in [0, 0.1) is 5.92 Å². The molecule has 2 heterocycles. The second-order valence-electron chi connectivity index (χ2n) is 8.39. The van der Waals surface area contributed by atoms with Crippen LogP contribution in [0.5, 0.6) is 11.5 Å². The Kier molecular flexibility index (Phi) is 6.14. The van der Waals surface area contributed by atoms with Gasteiger partial charge in [-0.15, -0.1) is 0 Å². The van der Waals surface area contributed by atoms with Crippen molar-refractivity contribution in [1.82, 2.24) is 4.98 Å². The van der Waals surface area contributed by atoms with Crippen molar-refractivity contribution in [1.29, 1.82) is 0 Å². The fraction of sp³-hybridized carbons (Fsp3) is 0.214. The number of pyridine rings is 1. The van der Waals surface area contributed by atoms with Gasteiger partial charge in [-0.3, -0.25) is 0 Å². The van der Waals surface area contributed by atoms with E-state index in [9.17, 15) is 9.90 Å². The summed E-state index contributed by atoms with van der Waals surface area (Å²) in [5, 5.41) is 12.2. The van der Waals surface area contributed by atoms with Gasteiger partial charge in [-0.1, -0.05) is 36.4 Å². The maximum Gasteiger partial charge on any atom is 0.337 e. The minimum absolute atomic E-state index is 0.117. The summed E-state index contributed by atoms with van der Waals surface area (Å²) < 4.78 is 16.6. The highest BCUT2D eigenvalue weighted by Crippen LogP contribution is 2.39. The van der Waals surface area contributed by atoms with E-state index in [1.165, 1.54) is 7.11 Å². The topological polar surface area (TPSA) is 77.9 Å². The zero-order valence-corrected chi connectivity index (χ0v) is 18.8. The predicted octanol–water partition coefficient (Wildman–Crippen LogP) is 4.89. The van der Waals surface area contributed by atoms with E-state index in [0.29, 0.717) is 42.3 Å². The summed E-state index contributed by atoms with van der Waals surface area (Å²) in [4.78, 5) is 16.3. The summed E-state index contributed by atoms with van der Waals surface area (Å²) in [7, 11) is 1.36. The van der Waals surface area contributed by atoms with E-state index in [4.69, 9.17) is 14.2 Å². The molecule has 1 aliphatic heterocycles. The molecule has 6 heteroatoms. The lowest BCUT2D eigenvalue weighted by molar-refractivity contribution is 0.0503. The minimum Gasteiger partial charge on any atom is -0.493 e. The Morgan fingerprint density at radius 2 is 1.88 bits per heavy atom. The van der Waals surface area contributed by atoms with Crippen molar-refractivity contribution in [2.45, 2.75) is 19.1 Å². The second-order valence-corrected chi connectivity index (χ2v) is 8.39. The lowest BCUT2D eigenvalue weighted by Crippen LogP contribution is -2.27. The molecular formula is C28H25NO5. The highest BCUT2D eigenvalue weighted by atomic mass is 16.5. The Labute approximate surface area is 197 Å². The fourth-order valence-electron chi connectivity index (χ4n) is 4.23. The van der Waals surface area contributed by atoms with E-state index in [1.54, 1.807) is 12.1 Å². The SMILES string of the molecule is COC(=O)c1ccc(C[C@@H]2COc3ccc(OCc4ccc5ccccc5n4)cc3[C@H]2O)cc1. The quantitative estimate of drug-likeness (QED) is 0.418. The molecule has 0 aliphatic carbocycles. The van der Waals surface area contributed by atoms with E-state index in [-0.39, 0.29) is 11.9 Å². The van der Waals surface area contributed by atoms with Crippen molar-refractivity contribution in [2.24, 2.45) is 5.92 Å². The number of nitrogens with zero attached hydrogens (tertiary/aromatic N) is 1. The van der Waals surface area contributed by atoms with Gasteiger partial charge in [-0.2, -0.15) is 0 Å². The van der Waals surface area contributed by atoms with Gasteiger partial charge in [0.15, 0.2) is 0 Å². The summed E-state index contributed by atoms with van der Waals surface area (Å²) in [5.41, 5.74) is 3.99. The molecular weight excluding hydrogens is 430 g/mol. The predicted molar refractivity (Wildman–Crippen MR) is 128 cm³/mol. The Morgan fingerprint density at radius 1 is 1.06 bits per heavy atom. The monoisotopic (exact) mass is 455 g/mol. The molecule has 3 aromatic carbocycles. The third-order valence-corrected chi connectivity index (χ3v) is 6.12. The van der Waals surface area contributed by atoms with Crippen LogP contribution in [0.15, 0.2) is 78.9 Å². The number of aliphatic hydroxyl groups is 1. The second kappa shape index (κ2) is 9.53. The van der Waals surface area contributed by atoms with Gasteiger partial charge in [-0.25, -0.2) is 9.78 Å². The number of para-hydroxylation sites is 1. The maximum absolute atomic E-state index is 11.6. The van der Waals surface area contributed by atoms with Crippen molar-refractivity contribution in [3.05, 3.63) is 101 Å². The van der Waals surface area contributed by atoms with Gasteiger partial charge in [0.1, 0.15) is 18.1 Å². The van der Waals surface area contributed by atoms with Gasteiger partial charge >= 0.3 is 5.97 Å². The number of esters is 1. The summed E-state index contributed by atoms with van der Waals surface area (Å²) in [5.74, 6) is 0.835. The first-order chi connectivity index (χ1) is 16.6. The van der Waals surface area contributed by atoms with Crippen molar-refractivity contribution in [3.8, 4) is 11.5 Å². The van der Waals surface area contributed by atoms with E-state index in [0.717, 1.165) is 22.2 Å². The van der Waals surface area contributed by atoms with Crippen LogP contribution < -0.4 is 9.47 Å². The minimum atomic E-state index is -0.689. The molecule has 34 heavy (non-hydrogen) atoms. The van der Waals surface area contributed by atoms with Crippen LogP contribution in [0.1, 0.15) is 33.3 Å². The molecule has 0 spiro atoms. The van der Waals surface area contributed by atoms with Crippen LogP contribution in [0.25, 0.3) is 10.9 Å². The van der Waals surface area contributed by atoms with Crippen LogP contribution in [0.3, 0.4) is 0 Å². The molecule has 6 nitrogen and oxygen atoms in total. The smallest absolute Gasteiger partial charge is 0.337 e. The lowest BCUT2D eigenvalue weighted by atomic mass is 9.88. The number of ether oxygens (including phenoxy) is 3. The van der Waals surface area contributed by atoms with Crippen LogP contribution in [-0.2, 0) is 17.8 Å². The van der Waals surface area contributed by atoms with Gasteiger partial charge in [0, 0.05) is 16.9 Å². The first kappa shape index (κ1) is 21.9. The lowest BCUT2D eigenvalue weighted by Gasteiger charge is -2.30.